The topological polar surface area (TPSA) is 108 Å². The lowest BCUT2D eigenvalue weighted by Gasteiger charge is -2.33. The van der Waals surface area contributed by atoms with E-state index in [1.807, 2.05) is 6.92 Å². The lowest BCUT2D eigenvalue weighted by molar-refractivity contribution is -0.140. The number of benzene rings is 1. The highest BCUT2D eigenvalue weighted by molar-refractivity contribution is 5.91. The third-order valence-corrected chi connectivity index (χ3v) is 5.60. The van der Waals surface area contributed by atoms with E-state index < -0.39 is 23.6 Å². The Bertz CT molecular complexity index is 799. The Hall–Kier alpha value is -2.77. The van der Waals surface area contributed by atoms with E-state index in [4.69, 9.17) is 4.74 Å². The molecule has 0 radical (unpaired) electrons. The summed E-state index contributed by atoms with van der Waals surface area (Å²) in [7, 11) is 0. The molecule has 0 aromatic heterocycles. The maximum Gasteiger partial charge on any atom is 0.408 e. The quantitative estimate of drug-likeness (QED) is 0.514. The number of ether oxygens (including phenoxy) is 1. The molecular weight excluding hydrogens is 422 g/mol. The summed E-state index contributed by atoms with van der Waals surface area (Å²) < 4.78 is 5.22. The van der Waals surface area contributed by atoms with Gasteiger partial charge in [0.15, 0.2) is 0 Å². The molecule has 1 aliphatic carbocycles. The number of nitrogens with one attached hydrogen (secondary N) is 2. The van der Waals surface area contributed by atoms with E-state index in [9.17, 15) is 19.5 Å². The second-order valence-electron chi connectivity index (χ2n) is 9.60. The first-order valence-electron chi connectivity index (χ1n) is 12.0. The van der Waals surface area contributed by atoms with Crippen molar-refractivity contribution in [3.05, 3.63) is 29.8 Å². The third kappa shape index (κ3) is 8.59. The van der Waals surface area contributed by atoms with E-state index in [-0.39, 0.29) is 24.2 Å². The van der Waals surface area contributed by atoms with Gasteiger partial charge in [-0.2, -0.15) is 0 Å². The zero-order chi connectivity index (χ0) is 24.4. The van der Waals surface area contributed by atoms with Gasteiger partial charge in [-0.15, -0.1) is 0 Å². The first-order chi connectivity index (χ1) is 15.6. The molecule has 0 aliphatic heterocycles. The molecule has 1 aromatic carbocycles. The second-order valence-corrected chi connectivity index (χ2v) is 9.60. The van der Waals surface area contributed by atoms with Crippen molar-refractivity contribution >= 4 is 17.9 Å². The van der Waals surface area contributed by atoms with Gasteiger partial charge in [0.2, 0.25) is 11.8 Å². The standard InChI is InChI=1S/C25H39N3O5/c1-5-6-16-28(21(30)17-26-24(32)33-25(2,3)4)22(19-14-10-11-15-20(19)29)23(31)27-18-12-8-7-9-13-18/h10-11,14-15,18,22,29H,5-9,12-13,16-17H2,1-4H3,(H,26,32)(H,27,31). The molecule has 0 heterocycles. The van der Waals surface area contributed by atoms with E-state index in [0.717, 1.165) is 38.5 Å². The van der Waals surface area contributed by atoms with Crippen molar-refractivity contribution in [1.29, 1.82) is 0 Å². The number of amides is 3. The molecule has 0 spiro atoms. The van der Waals surface area contributed by atoms with Crippen LogP contribution in [0.15, 0.2) is 24.3 Å². The molecule has 8 heteroatoms. The predicted octanol–water partition coefficient (Wildman–Crippen LogP) is 4.04. The van der Waals surface area contributed by atoms with E-state index in [2.05, 4.69) is 10.6 Å². The highest BCUT2D eigenvalue weighted by Gasteiger charge is 2.34. The van der Waals surface area contributed by atoms with Crippen molar-refractivity contribution in [3.8, 4) is 5.75 Å². The fourth-order valence-corrected chi connectivity index (χ4v) is 3.99. The Balaban J connectivity index is 2.26. The minimum atomic E-state index is -0.993. The van der Waals surface area contributed by atoms with Crippen molar-refractivity contribution in [2.24, 2.45) is 0 Å². The Labute approximate surface area is 197 Å². The molecule has 2 rings (SSSR count). The SMILES string of the molecule is CCCCN(C(=O)CNC(=O)OC(C)(C)C)C(C(=O)NC1CCCCC1)c1ccccc1O. The predicted molar refractivity (Wildman–Crippen MR) is 127 cm³/mol. The number of carbonyl (C=O) groups excluding carboxylic acids is 3. The van der Waals surface area contributed by atoms with Gasteiger partial charge in [-0.3, -0.25) is 9.59 Å². The van der Waals surface area contributed by atoms with Gasteiger partial charge in [-0.05, 0) is 46.1 Å². The molecule has 0 bridgehead atoms. The fraction of sp³-hybridized carbons (Fsp3) is 0.640. The monoisotopic (exact) mass is 461 g/mol. The highest BCUT2D eigenvalue weighted by atomic mass is 16.6. The van der Waals surface area contributed by atoms with Crippen LogP contribution in [0.3, 0.4) is 0 Å². The maximum absolute atomic E-state index is 13.5. The zero-order valence-corrected chi connectivity index (χ0v) is 20.4. The van der Waals surface area contributed by atoms with Gasteiger partial charge in [0.1, 0.15) is 23.9 Å². The molecule has 1 atom stereocenters. The molecule has 1 aromatic rings. The number of phenols is 1. The minimum Gasteiger partial charge on any atom is -0.508 e. The molecule has 8 nitrogen and oxygen atoms in total. The first kappa shape index (κ1) is 26.5. The van der Waals surface area contributed by atoms with Crippen LogP contribution in [0.1, 0.15) is 84.2 Å². The van der Waals surface area contributed by atoms with Gasteiger partial charge in [-0.25, -0.2) is 4.79 Å². The number of unbranched alkanes of at least 4 members (excludes halogenated alkanes) is 1. The van der Waals surface area contributed by atoms with Crippen LogP contribution in [0.2, 0.25) is 0 Å². The molecule has 184 valence electrons. The zero-order valence-electron chi connectivity index (χ0n) is 20.4. The lowest BCUT2D eigenvalue weighted by Crippen LogP contribution is -2.50. The largest absolute Gasteiger partial charge is 0.508 e. The summed E-state index contributed by atoms with van der Waals surface area (Å²) in [5.41, 5.74) is -0.319. The molecule has 3 N–H and O–H groups in total. The lowest BCUT2D eigenvalue weighted by atomic mass is 9.94. The smallest absolute Gasteiger partial charge is 0.408 e. The van der Waals surface area contributed by atoms with Crippen LogP contribution in [0.5, 0.6) is 5.75 Å². The van der Waals surface area contributed by atoms with E-state index in [1.54, 1.807) is 39.0 Å². The summed E-state index contributed by atoms with van der Waals surface area (Å²) in [4.78, 5) is 40.2. The molecule has 1 fully saturated rings. The highest BCUT2D eigenvalue weighted by Crippen LogP contribution is 2.30. The molecule has 3 amide bonds. The third-order valence-electron chi connectivity index (χ3n) is 5.60. The van der Waals surface area contributed by atoms with Crippen LogP contribution in [-0.2, 0) is 14.3 Å². The summed E-state index contributed by atoms with van der Waals surface area (Å²) in [6.07, 6.45) is 5.89. The number of alkyl carbamates (subject to hydrolysis) is 1. The average Bonchev–Trinajstić information content (AvgIpc) is 2.75. The van der Waals surface area contributed by atoms with Crippen LogP contribution in [0.25, 0.3) is 0 Å². The Morgan fingerprint density at radius 3 is 2.42 bits per heavy atom. The summed E-state index contributed by atoms with van der Waals surface area (Å²) in [5.74, 6) is -0.776. The van der Waals surface area contributed by atoms with E-state index in [0.29, 0.717) is 18.5 Å². The number of rotatable bonds is 9. The average molecular weight is 462 g/mol. The van der Waals surface area contributed by atoms with Crippen molar-refractivity contribution < 1.29 is 24.2 Å². The van der Waals surface area contributed by atoms with Crippen molar-refractivity contribution in [1.82, 2.24) is 15.5 Å². The van der Waals surface area contributed by atoms with Crippen LogP contribution in [0.4, 0.5) is 4.79 Å². The van der Waals surface area contributed by atoms with Gasteiger partial charge in [0, 0.05) is 18.2 Å². The number of hydrogen-bond acceptors (Lipinski definition) is 5. The van der Waals surface area contributed by atoms with Crippen molar-refractivity contribution in [2.75, 3.05) is 13.1 Å². The molecular formula is C25H39N3O5. The Morgan fingerprint density at radius 2 is 1.82 bits per heavy atom. The van der Waals surface area contributed by atoms with Gasteiger partial charge in [0.05, 0.1) is 0 Å². The maximum atomic E-state index is 13.5. The second kappa shape index (κ2) is 12.5. The normalized spacial score (nSPS) is 15.4. The summed E-state index contributed by atoms with van der Waals surface area (Å²) in [6, 6.07) is 5.65. The van der Waals surface area contributed by atoms with E-state index in [1.165, 1.54) is 11.0 Å². The number of aromatic hydroxyl groups is 1. The van der Waals surface area contributed by atoms with Gasteiger partial charge >= 0.3 is 6.09 Å². The van der Waals surface area contributed by atoms with Crippen LogP contribution < -0.4 is 10.6 Å². The van der Waals surface area contributed by atoms with Crippen LogP contribution >= 0.6 is 0 Å². The molecule has 1 unspecified atom stereocenters. The number of carbonyl (C=O) groups is 3. The Kier molecular flexibility index (Phi) is 10.0. The fourth-order valence-electron chi connectivity index (χ4n) is 3.99. The van der Waals surface area contributed by atoms with Crippen molar-refractivity contribution in [2.45, 2.75) is 90.3 Å². The number of hydrogen-bond donors (Lipinski definition) is 3. The molecule has 33 heavy (non-hydrogen) atoms. The molecule has 1 aliphatic rings. The summed E-state index contributed by atoms with van der Waals surface area (Å²) >= 11 is 0. The number of phenolic OH excluding ortho intramolecular Hbond substituents is 1. The van der Waals surface area contributed by atoms with Crippen molar-refractivity contribution in [3.63, 3.8) is 0 Å². The summed E-state index contributed by atoms with van der Waals surface area (Å²) in [6.45, 7) is 7.24. The van der Waals surface area contributed by atoms with Gasteiger partial charge in [0.25, 0.3) is 0 Å². The van der Waals surface area contributed by atoms with E-state index >= 15 is 0 Å². The van der Waals surface area contributed by atoms with Gasteiger partial charge < -0.3 is 25.4 Å². The number of para-hydroxylation sites is 1. The Morgan fingerprint density at radius 1 is 1.15 bits per heavy atom. The molecule has 1 saturated carbocycles. The number of nitrogens with zero attached hydrogens (tertiary/aromatic N) is 1. The van der Waals surface area contributed by atoms with Gasteiger partial charge in [-0.1, -0.05) is 50.8 Å². The van der Waals surface area contributed by atoms with Crippen LogP contribution in [-0.4, -0.2) is 52.6 Å². The molecule has 0 saturated heterocycles. The first-order valence-corrected chi connectivity index (χ1v) is 12.0. The van der Waals surface area contributed by atoms with Crippen LogP contribution in [0, 0.1) is 0 Å². The summed E-state index contributed by atoms with van der Waals surface area (Å²) in [5, 5.41) is 16.1. The minimum absolute atomic E-state index is 0.0457.